The third kappa shape index (κ3) is 3.04. The summed E-state index contributed by atoms with van der Waals surface area (Å²) in [6, 6.07) is 8.18. The molecule has 0 aliphatic carbocycles. The van der Waals surface area contributed by atoms with Crippen LogP contribution in [0.4, 0.5) is 11.7 Å². The van der Waals surface area contributed by atoms with E-state index in [4.69, 9.17) is 4.42 Å². The van der Waals surface area contributed by atoms with Crippen LogP contribution >= 0.6 is 15.9 Å². The summed E-state index contributed by atoms with van der Waals surface area (Å²) in [6.07, 6.45) is 0. The van der Waals surface area contributed by atoms with Gasteiger partial charge in [0.05, 0.1) is 6.04 Å². The number of benzene rings is 1. The first kappa shape index (κ1) is 12.1. The largest absolute Gasteiger partial charge is 0.406 e. The van der Waals surface area contributed by atoms with Gasteiger partial charge in [-0.05, 0) is 32.2 Å². The molecular formula is C11H13BrN4O. The minimum Gasteiger partial charge on any atom is -0.406 e. The number of nitrogens with one attached hydrogen (secondary N) is 2. The molecule has 1 unspecified atom stereocenters. The molecule has 2 aromatic rings. The van der Waals surface area contributed by atoms with Gasteiger partial charge in [0.2, 0.25) is 5.89 Å². The molecule has 0 saturated heterocycles. The van der Waals surface area contributed by atoms with Crippen molar-refractivity contribution in [1.82, 2.24) is 15.5 Å². The third-order valence-corrected chi connectivity index (χ3v) is 2.81. The van der Waals surface area contributed by atoms with E-state index in [1.54, 1.807) is 0 Å². The molecule has 2 N–H and O–H groups in total. The van der Waals surface area contributed by atoms with Gasteiger partial charge in [-0.25, -0.2) is 0 Å². The second-order valence-electron chi connectivity index (χ2n) is 3.59. The summed E-state index contributed by atoms with van der Waals surface area (Å²) in [5.74, 6) is 0.560. The molecule has 0 radical (unpaired) electrons. The van der Waals surface area contributed by atoms with Crippen LogP contribution in [0.5, 0.6) is 0 Å². The van der Waals surface area contributed by atoms with Gasteiger partial charge < -0.3 is 15.1 Å². The third-order valence-electron chi connectivity index (χ3n) is 2.32. The summed E-state index contributed by atoms with van der Waals surface area (Å²) in [5, 5.41) is 14.0. The number of halogens is 1. The van der Waals surface area contributed by atoms with Crippen LogP contribution in [0, 0.1) is 0 Å². The van der Waals surface area contributed by atoms with Gasteiger partial charge in [-0.2, -0.15) is 0 Å². The van der Waals surface area contributed by atoms with Crippen molar-refractivity contribution in [3.8, 4) is 0 Å². The molecule has 0 aliphatic heterocycles. The van der Waals surface area contributed by atoms with Crippen LogP contribution in [0.25, 0.3) is 0 Å². The number of hydrogen-bond acceptors (Lipinski definition) is 5. The standard InChI is InChI=1S/C11H13BrN4O/c1-7(13-2)10-15-16-11(17-10)14-9-5-3-4-8(12)6-9/h3-7,13H,1-2H3,(H,14,16). The summed E-state index contributed by atoms with van der Waals surface area (Å²) >= 11 is 3.40. The smallest absolute Gasteiger partial charge is 0.320 e. The molecular weight excluding hydrogens is 284 g/mol. The van der Waals surface area contributed by atoms with Gasteiger partial charge >= 0.3 is 6.01 Å². The topological polar surface area (TPSA) is 63.0 Å². The van der Waals surface area contributed by atoms with Crippen LogP contribution in [-0.4, -0.2) is 17.2 Å². The van der Waals surface area contributed by atoms with E-state index in [9.17, 15) is 0 Å². The summed E-state index contributed by atoms with van der Waals surface area (Å²) < 4.78 is 6.46. The fourth-order valence-electron chi connectivity index (χ4n) is 1.27. The van der Waals surface area contributed by atoms with Crippen molar-refractivity contribution in [3.63, 3.8) is 0 Å². The first-order valence-electron chi connectivity index (χ1n) is 5.22. The molecule has 0 saturated carbocycles. The van der Waals surface area contributed by atoms with Crippen LogP contribution in [-0.2, 0) is 0 Å². The number of rotatable bonds is 4. The highest BCUT2D eigenvalue weighted by atomic mass is 79.9. The molecule has 6 heteroatoms. The van der Waals surface area contributed by atoms with E-state index in [1.165, 1.54) is 0 Å². The first-order valence-corrected chi connectivity index (χ1v) is 6.01. The molecule has 1 aromatic carbocycles. The van der Waals surface area contributed by atoms with Crippen molar-refractivity contribution >= 4 is 27.6 Å². The quantitative estimate of drug-likeness (QED) is 0.908. The molecule has 0 spiro atoms. The summed E-state index contributed by atoms with van der Waals surface area (Å²) in [5.41, 5.74) is 0.895. The van der Waals surface area contributed by atoms with E-state index >= 15 is 0 Å². The van der Waals surface area contributed by atoms with Gasteiger partial charge in [-0.15, -0.1) is 5.10 Å². The lowest BCUT2D eigenvalue weighted by Crippen LogP contribution is -2.12. The Bertz CT molecular complexity index is 500. The van der Waals surface area contributed by atoms with Crippen molar-refractivity contribution in [2.75, 3.05) is 12.4 Å². The summed E-state index contributed by atoms with van der Waals surface area (Å²) in [7, 11) is 1.84. The predicted molar refractivity (Wildman–Crippen MR) is 69.2 cm³/mol. The second kappa shape index (κ2) is 5.29. The van der Waals surface area contributed by atoms with Crippen LogP contribution in [0.1, 0.15) is 18.9 Å². The molecule has 2 rings (SSSR count). The van der Waals surface area contributed by atoms with Crippen LogP contribution < -0.4 is 10.6 Å². The number of aromatic nitrogens is 2. The van der Waals surface area contributed by atoms with Gasteiger partial charge in [0.15, 0.2) is 0 Å². The molecule has 0 aliphatic rings. The average Bonchev–Trinajstić information content (AvgIpc) is 2.76. The zero-order chi connectivity index (χ0) is 12.3. The van der Waals surface area contributed by atoms with E-state index in [2.05, 4.69) is 36.8 Å². The molecule has 1 aromatic heterocycles. The van der Waals surface area contributed by atoms with Gasteiger partial charge in [0.1, 0.15) is 0 Å². The maximum atomic E-state index is 5.47. The highest BCUT2D eigenvalue weighted by Crippen LogP contribution is 2.20. The molecule has 0 fully saturated rings. The van der Waals surface area contributed by atoms with Crippen LogP contribution in [0.2, 0.25) is 0 Å². The molecule has 90 valence electrons. The Morgan fingerprint density at radius 1 is 1.35 bits per heavy atom. The van der Waals surface area contributed by atoms with Crippen LogP contribution in [0.15, 0.2) is 33.2 Å². The Balaban J connectivity index is 2.11. The molecule has 1 heterocycles. The maximum Gasteiger partial charge on any atom is 0.320 e. The van der Waals surface area contributed by atoms with Crippen molar-refractivity contribution in [2.45, 2.75) is 13.0 Å². The fourth-order valence-corrected chi connectivity index (χ4v) is 1.67. The van der Waals surface area contributed by atoms with Gasteiger partial charge in [0, 0.05) is 10.2 Å². The van der Waals surface area contributed by atoms with E-state index in [0.29, 0.717) is 11.9 Å². The summed E-state index contributed by atoms with van der Waals surface area (Å²) in [4.78, 5) is 0. The lowest BCUT2D eigenvalue weighted by Gasteiger charge is -2.03. The van der Waals surface area contributed by atoms with Crippen molar-refractivity contribution in [2.24, 2.45) is 0 Å². The van der Waals surface area contributed by atoms with E-state index in [0.717, 1.165) is 10.2 Å². The molecule has 17 heavy (non-hydrogen) atoms. The van der Waals surface area contributed by atoms with E-state index in [1.807, 2.05) is 38.2 Å². The zero-order valence-electron chi connectivity index (χ0n) is 9.57. The zero-order valence-corrected chi connectivity index (χ0v) is 11.2. The minimum atomic E-state index is 0.0422. The predicted octanol–water partition coefficient (Wildman–Crippen LogP) is 2.86. The lowest BCUT2D eigenvalue weighted by atomic mass is 10.3. The SMILES string of the molecule is CNC(C)c1nnc(Nc2cccc(Br)c2)o1. The first-order chi connectivity index (χ1) is 8.19. The van der Waals surface area contributed by atoms with Gasteiger partial charge in [-0.1, -0.05) is 27.1 Å². The van der Waals surface area contributed by atoms with Crippen molar-refractivity contribution in [3.05, 3.63) is 34.6 Å². The Morgan fingerprint density at radius 3 is 2.88 bits per heavy atom. The monoisotopic (exact) mass is 296 g/mol. The molecule has 0 bridgehead atoms. The number of hydrogen-bond donors (Lipinski definition) is 2. The Kier molecular flexibility index (Phi) is 3.75. The number of anilines is 2. The Morgan fingerprint density at radius 2 is 2.18 bits per heavy atom. The van der Waals surface area contributed by atoms with Gasteiger partial charge in [-0.3, -0.25) is 0 Å². The van der Waals surface area contributed by atoms with Crippen LogP contribution in [0.3, 0.4) is 0 Å². The van der Waals surface area contributed by atoms with E-state index < -0.39 is 0 Å². The van der Waals surface area contributed by atoms with Gasteiger partial charge in [0.25, 0.3) is 0 Å². The number of nitrogens with zero attached hydrogens (tertiary/aromatic N) is 2. The fraction of sp³-hybridized carbons (Fsp3) is 0.273. The van der Waals surface area contributed by atoms with E-state index in [-0.39, 0.29) is 6.04 Å². The Labute approximate surface area is 108 Å². The molecule has 5 nitrogen and oxygen atoms in total. The maximum absolute atomic E-state index is 5.47. The normalized spacial score (nSPS) is 12.4. The second-order valence-corrected chi connectivity index (χ2v) is 4.51. The summed E-state index contributed by atoms with van der Waals surface area (Å²) in [6.45, 7) is 1.95. The molecule has 1 atom stereocenters. The highest BCUT2D eigenvalue weighted by Gasteiger charge is 2.11. The van der Waals surface area contributed by atoms with Crippen molar-refractivity contribution in [1.29, 1.82) is 0 Å². The van der Waals surface area contributed by atoms with Crippen molar-refractivity contribution < 1.29 is 4.42 Å². The average molecular weight is 297 g/mol. The Hall–Kier alpha value is -1.40. The lowest BCUT2D eigenvalue weighted by molar-refractivity contribution is 0.443. The minimum absolute atomic E-state index is 0.0422. The highest BCUT2D eigenvalue weighted by molar-refractivity contribution is 9.10. The molecule has 0 amide bonds.